The van der Waals surface area contributed by atoms with Crippen LogP contribution < -0.4 is 4.74 Å². The van der Waals surface area contributed by atoms with Gasteiger partial charge >= 0.3 is 0 Å². The summed E-state index contributed by atoms with van der Waals surface area (Å²) in [5.41, 5.74) is 1.45. The highest BCUT2D eigenvalue weighted by Gasteiger charge is 2.05. The van der Waals surface area contributed by atoms with Gasteiger partial charge in [-0.1, -0.05) is 17.7 Å². The van der Waals surface area contributed by atoms with E-state index in [1.54, 1.807) is 13.0 Å². The van der Waals surface area contributed by atoms with Gasteiger partial charge in [-0.05, 0) is 19.3 Å². The van der Waals surface area contributed by atoms with Gasteiger partial charge in [0.15, 0.2) is 0 Å². The van der Waals surface area contributed by atoms with Crippen molar-refractivity contribution in [1.29, 1.82) is 0 Å². The van der Waals surface area contributed by atoms with Crippen molar-refractivity contribution in [3.05, 3.63) is 28.8 Å². The molecule has 0 bridgehead atoms. The minimum absolute atomic E-state index is 0.227. The Morgan fingerprint density at radius 3 is 2.83 bits per heavy atom. The largest absolute Gasteiger partial charge is 0.496 e. The second-order valence-electron chi connectivity index (χ2n) is 2.64. The zero-order chi connectivity index (χ0) is 11.6. The van der Waals surface area contributed by atoms with Crippen LogP contribution in [0.1, 0.15) is 20.8 Å². The molecular formula is C10H14O2. The Balaban J connectivity index is 3.32. The van der Waals surface area contributed by atoms with Gasteiger partial charge in [0.05, 0.1) is 13.7 Å². The summed E-state index contributed by atoms with van der Waals surface area (Å²) in [5.74, 6) is 0.547. The molecular weight excluding hydrogens is 152 g/mol. The van der Waals surface area contributed by atoms with E-state index in [0.717, 1.165) is 5.56 Å². The lowest BCUT2D eigenvalue weighted by Gasteiger charge is -2.10. The maximum Gasteiger partial charge on any atom is 0.127 e. The summed E-state index contributed by atoms with van der Waals surface area (Å²) in [7, 11) is 1.50. The van der Waals surface area contributed by atoms with E-state index in [9.17, 15) is 0 Å². The second-order valence-corrected chi connectivity index (χ2v) is 2.64. The van der Waals surface area contributed by atoms with Crippen molar-refractivity contribution in [3.63, 3.8) is 0 Å². The van der Waals surface area contributed by atoms with Crippen LogP contribution in [0.2, 0.25) is 0 Å². The standard InChI is InChI=1S/C10H14O2/c1-7-4-8(2)10(12-3)9(5-7)6-11/h4-5,11H,6H2,1-3H3/i1D3. The van der Waals surface area contributed by atoms with Crippen molar-refractivity contribution in [2.45, 2.75) is 20.4 Å². The van der Waals surface area contributed by atoms with E-state index in [-0.39, 0.29) is 12.2 Å². The third-order valence-corrected chi connectivity index (χ3v) is 1.73. The molecule has 0 aliphatic carbocycles. The predicted molar refractivity (Wildman–Crippen MR) is 48.4 cm³/mol. The maximum absolute atomic E-state index is 9.10. The summed E-state index contributed by atoms with van der Waals surface area (Å²) in [4.78, 5) is 0. The highest BCUT2D eigenvalue weighted by molar-refractivity contribution is 5.43. The third-order valence-electron chi connectivity index (χ3n) is 1.73. The van der Waals surface area contributed by atoms with Crippen LogP contribution in [-0.2, 0) is 6.61 Å². The smallest absolute Gasteiger partial charge is 0.127 e. The minimum atomic E-state index is -2.15. The Bertz CT molecular complexity index is 358. The molecule has 2 heteroatoms. The van der Waals surface area contributed by atoms with Gasteiger partial charge in [-0.2, -0.15) is 0 Å². The first-order valence-corrected chi connectivity index (χ1v) is 3.69. The minimum Gasteiger partial charge on any atom is -0.496 e. The number of rotatable bonds is 2. The topological polar surface area (TPSA) is 29.5 Å². The van der Waals surface area contributed by atoms with Crippen molar-refractivity contribution in [2.75, 3.05) is 7.11 Å². The van der Waals surface area contributed by atoms with Crippen molar-refractivity contribution in [1.82, 2.24) is 0 Å². The molecule has 0 radical (unpaired) electrons. The van der Waals surface area contributed by atoms with Crippen LogP contribution in [0.15, 0.2) is 12.1 Å². The first-order chi connectivity index (χ1) is 6.90. The molecule has 0 heterocycles. The molecule has 12 heavy (non-hydrogen) atoms. The molecule has 0 aliphatic rings. The molecule has 1 rings (SSSR count). The Labute approximate surface area is 77.0 Å². The number of hydrogen-bond donors (Lipinski definition) is 1. The van der Waals surface area contributed by atoms with E-state index >= 15 is 0 Å². The molecule has 0 spiro atoms. The molecule has 1 aromatic carbocycles. The van der Waals surface area contributed by atoms with E-state index in [1.807, 2.05) is 0 Å². The fourth-order valence-corrected chi connectivity index (χ4v) is 1.26. The van der Waals surface area contributed by atoms with Gasteiger partial charge in [0.25, 0.3) is 0 Å². The van der Waals surface area contributed by atoms with Gasteiger partial charge in [0.2, 0.25) is 0 Å². The summed E-state index contributed by atoms with van der Waals surface area (Å²) in [6.07, 6.45) is 0. The van der Waals surface area contributed by atoms with Crippen molar-refractivity contribution in [3.8, 4) is 5.75 Å². The number of ether oxygens (including phenoxy) is 1. The molecule has 2 nitrogen and oxygen atoms in total. The Kier molecular flexibility index (Phi) is 1.67. The van der Waals surface area contributed by atoms with Crippen LogP contribution in [0.25, 0.3) is 0 Å². The lowest BCUT2D eigenvalue weighted by Crippen LogP contribution is -1.95. The van der Waals surface area contributed by atoms with E-state index in [4.69, 9.17) is 14.0 Å². The SMILES string of the molecule is [2H]C([2H])([2H])c1cc(C)c(OC)c(CO)c1. The molecule has 0 unspecified atom stereocenters. The molecule has 0 aliphatic heterocycles. The number of aryl methyl sites for hydroxylation is 2. The second kappa shape index (κ2) is 3.59. The lowest BCUT2D eigenvalue weighted by atomic mass is 10.1. The van der Waals surface area contributed by atoms with Crippen LogP contribution in [0.4, 0.5) is 0 Å². The van der Waals surface area contributed by atoms with Crippen LogP contribution in [0, 0.1) is 13.8 Å². The Morgan fingerprint density at radius 1 is 1.58 bits per heavy atom. The molecule has 0 saturated carbocycles. The normalized spacial score (nSPS) is 14.8. The summed E-state index contributed by atoms with van der Waals surface area (Å²) in [6, 6.07) is 3.02. The van der Waals surface area contributed by atoms with E-state index in [2.05, 4.69) is 0 Å². The number of methoxy groups -OCH3 is 1. The molecule has 1 N–H and O–H groups in total. The highest BCUT2D eigenvalue weighted by Crippen LogP contribution is 2.24. The summed E-state index contributed by atoms with van der Waals surface area (Å²) >= 11 is 0. The summed E-state index contributed by atoms with van der Waals surface area (Å²) < 4.78 is 26.9. The van der Waals surface area contributed by atoms with Gasteiger partial charge in [-0.3, -0.25) is 0 Å². The van der Waals surface area contributed by atoms with Crippen LogP contribution in [0.5, 0.6) is 5.75 Å². The van der Waals surface area contributed by atoms with Crippen molar-refractivity contribution >= 4 is 0 Å². The highest BCUT2D eigenvalue weighted by atomic mass is 16.5. The maximum atomic E-state index is 9.10. The van der Waals surface area contributed by atoms with Gasteiger partial charge in [0, 0.05) is 9.68 Å². The fraction of sp³-hybridized carbons (Fsp3) is 0.400. The first kappa shape index (κ1) is 5.60. The molecule has 0 amide bonds. The van der Waals surface area contributed by atoms with E-state index < -0.39 is 6.85 Å². The van der Waals surface area contributed by atoms with Crippen LogP contribution in [-0.4, -0.2) is 12.2 Å². The average Bonchev–Trinajstić information content (AvgIpc) is 2.15. The average molecular weight is 169 g/mol. The van der Waals surface area contributed by atoms with E-state index in [1.165, 1.54) is 13.2 Å². The van der Waals surface area contributed by atoms with Crippen molar-refractivity contribution in [2.24, 2.45) is 0 Å². The fourth-order valence-electron chi connectivity index (χ4n) is 1.26. The zero-order valence-corrected chi connectivity index (χ0v) is 7.22. The predicted octanol–water partition coefficient (Wildman–Crippen LogP) is 1.80. The van der Waals surface area contributed by atoms with E-state index in [0.29, 0.717) is 11.3 Å². The molecule has 0 fully saturated rings. The molecule has 66 valence electrons. The zero-order valence-electron chi connectivity index (χ0n) is 10.2. The molecule has 0 atom stereocenters. The van der Waals surface area contributed by atoms with Gasteiger partial charge in [0.1, 0.15) is 5.75 Å². The molecule has 1 aromatic rings. The summed E-state index contributed by atoms with van der Waals surface area (Å²) in [6.45, 7) is -0.623. The van der Waals surface area contributed by atoms with Crippen LogP contribution in [0.3, 0.4) is 0 Å². The summed E-state index contributed by atoms with van der Waals surface area (Å²) in [5, 5.41) is 9.10. The quantitative estimate of drug-likeness (QED) is 0.731. The Hall–Kier alpha value is -1.02. The van der Waals surface area contributed by atoms with Crippen LogP contribution >= 0.6 is 0 Å². The van der Waals surface area contributed by atoms with Gasteiger partial charge in [-0.25, -0.2) is 0 Å². The Morgan fingerprint density at radius 2 is 2.33 bits per heavy atom. The lowest BCUT2D eigenvalue weighted by molar-refractivity contribution is 0.273. The van der Waals surface area contributed by atoms with Crippen molar-refractivity contribution < 1.29 is 14.0 Å². The number of aliphatic hydroxyl groups excluding tert-OH is 1. The molecule has 0 saturated heterocycles. The van der Waals surface area contributed by atoms with Gasteiger partial charge in [-0.15, -0.1) is 0 Å². The molecule has 0 aromatic heterocycles. The number of benzene rings is 1. The third kappa shape index (κ3) is 1.59. The number of hydrogen-bond acceptors (Lipinski definition) is 2. The van der Waals surface area contributed by atoms with Gasteiger partial charge < -0.3 is 9.84 Å². The monoisotopic (exact) mass is 169 g/mol. The number of aliphatic hydroxyl groups is 1. The first-order valence-electron chi connectivity index (χ1n) is 5.19.